The summed E-state index contributed by atoms with van der Waals surface area (Å²) in [6.45, 7) is 0.359. The van der Waals surface area contributed by atoms with Crippen LogP contribution >= 0.6 is 11.6 Å². The van der Waals surface area contributed by atoms with Gasteiger partial charge < -0.3 is 5.32 Å². The summed E-state index contributed by atoms with van der Waals surface area (Å²) in [7, 11) is 0. The Morgan fingerprint density at radius 2 is 2.00 bits per heavy atom. The van der Waals surface area contributed by atoms with Crippen molar-refractivity contribution in [3.63, 3.8) is 0 Å². The summed E-state index contributed by atoms with van der Waals surface area (Å²) >= 11 is 5.87. The highest BCUT2D eigenvalue weighted by Crippen LogP contribution is 2.26. The first-order valence-corrected chi connectivity index (χ1v) is 6.85. The Bertz CT molecular complexity index is 405. The number of aromatic nitrogens is 2. The van der Waals surface area contributed by atoms with E-state index in [-0.39, 0.29) is 5.91 Å². The molecule has 1 aliphatic carbocycles. The number of carbonyl (C=O) groups excluding carboxylic acids is 1. The quantitative estimate of drug-likeness (QED) is 0.913. The number of hydrogen-bond acceptors (Lipinski definition) is 3. The summed E-state index contributed by atoms with van der Waals surface area (Å²) in [5.74, 6) is 0.639. The second-order valence-corrected chi connectivity index (χ2v) is 5.14. The van der Waals surface area contributed by atoms with Gasteiger partial charge in [-0.25, -0.2) is 4.98 Å². The smallest absolute Gasteiger partial charge is 0.220 e. The van der Waals surface area contributed by atoms with E-state index in [0.29, 0.717) is 29.7 Å². The molecule has 0 bridgehead atoms. The number of amides is 1. The molecule has 1 saturated carbocycles. The van der Waals surface area contributed by atoms with Gasteiger partial charge in [0.2, 0.25) is 5.91 Å². The van der Waals surface area contributed by atoms with Crippen molar-refractivity contribution >= 4 is 17.5 Å². The van der Waals surface area contributed by atoms with Crippen LogP contribution in [-0.2, 0) is 11.3 Å². The topological polar surface area (TPSA) is 54.9 Å². The third-order valence-electron chi connectivity index (χ3n) is 3.37. The van der Waals surface area contributed by atoms with E-state index < -0.39 is 0 Å². The van der Waals surface area contributed by atoms with Crippen molar-refractivity contribution in [2.24, 2.45) is 5.92 Å². The molecule has 0 atom stereocenters. The number of carbonyl (C=O) groups is 1. The maximum Gasteiger partial charge on any atom is 0.220 e. The lowest BCUT2D eigenvalue weighted by atomic mass is 9.87. The van der Waals surface area contributed by atoms with Crippen LogP contribution in [0.15, 0.2) is 12.4 Å². The van der Waals surface area contributed by atoms with Gasteiger partial charge in [0.1, 0.15) is 0 Å². The van der Waals surface area contributed by atoms with Crippen LogP contribution in [0.3, 0.4) is 0 Å². The normalized spacial score (nSPS) is 16.5. The van der Waals surface area contributed by atoms with Gasteiger partial charge in [0.05, 0.1) is 12.2 Å². The van der Waals surface area contributed by atoms with Crippen molar-refractivity contribution < 1.29 is 4.79 Å². The third kappa shape index (κ3) is 3.95. The molecular formula is C13H18ClN3O. The molecule has 1 fully saturated rings. The first-order chi connectivity index (χ1) is 8.75. The van der Waals surface area contributed by atoms with Gasteiger partial charge in [-0.15, -0.1) is 0 Å². The lowest BCUT2D eigenvalue weighted by Crippen LogP contribution is -2.26. The van der Waals surface area contributed by atoms with E-state index in [0.717, 1.165) is 0 Å². The van der Waals surface area contributed by atoms with Crippen LogP contribution in [0, 0.1) is 5.92 Å². The summed E-state index contributed by atoms with van der Waals surface area (Å²) in [5.41, 5.74) is 0.621. The van der Waals surface area contributed by atoms with Crippen LogP contribution in [0.5, 0.6) is 0 Å². The van der Waals surface area contributed by atoms with E-state index >= 15 is 0 Å². The fourth-order valence-electron chi connectivity index (χ4n) is 2.38. The Morgan fingerprint density at radius 3 is 2.72 bits per heavy atom. The monoisotopic (exact) mass is 267 g/mol. The number of hydrogen-bond donors (Lipinski definition) is 1. The zero-order chi connectivity index (χ0) is 12.8. The molecule has 1 N–H and O–H groups in total. The van der Waals surface area contributed by atoms with E-state index in [1.807, 2.05) is 0 Å². The highest BCUT2D eigenvalue weighted by Gasteiger charge is 2.17. The fraction of sp³-hybridized carbons (Fsp3) is 0.615. The molecule has 1 heterocycles. The fourth-order valence-corrected chi connectivity index (χ4v) is 2.55. The van der Waals surface area contributed by atoms with Gasteiger partial charge in [-0.1, -0.05) is 30.9 Å². The molecule has 0 spiro atoms. The molecular weight excluding hydrogens is 250 g/mol. The number of nitrogens with zero attached hydrogens (tertiary/aromatic N) is 2. The largest absolute Gasteiger partial charge is 0.350 e. The minimum atomic E-state index is 0.0867. The van der Waals surface area contributed by atoms with Crippen molar-refractivity contribution in [1.82, 2.24) is 15.3 Å². The predicted molar refractivity (Wildman–Crippen MR) is 70.1 cm³/mol. The average molecular weight is 268 g/mol. The van der Waals surface area contributed by atoms with Gasteiger partial charge >= 0.3 is 0 Å². The van der Waals surface area contributed by atoms with Crippen LogP contribution in [-0.4, -0.2) is 15.9 Å². The molecule has 0 aliphatic heterocycles. The highest BCUT2D eigenvalue weighted by molar-refractivity contribution is 6.29. The lowest BCUT2D eigenvalue weighted by Gasteiger charge is -2.20. The summed E-state index contributed by atoms with van der Waals surface area (Å²) in [6, 6.07) is 0. The molecule has 18 heavy (non-hydrogen) atoms. The van der Waals surface area contributed by atoms with Crippen LogP contribution in [0.4, 0.5) is 0 Å². The molecule has 1 amide bonds. The first-order valence-electron chi connectivity index (χ1n) is 6.48. The van der Waals surface area contributed by atoms with Crippen LogP contribution in [0.1, 0.15) is 44.2 Å². The van der Waals surface area contributed by atoms with Crippen molar-refractivity contribution in [3.8, 4) is 0 Å². The minimum Gasteiger partial charge on any atom is -0.350 e. The molecule has 1 aliphatic rings. The van der Waals surface area contributed by atoms with Gasteiger partial charge in [-0.05, 0) is 18.8 Å². The van der Waals surface area contributed by atoms with Crippen LogP contribution in [0.2, 0.25) is 5.15 Å². The molecule has 1 aromatic heterocycles. The molecule has 0 unspecified atom stereocenters. The van der Waals surface area contributed by atoms with Crippen molar-refractivity contribution in [2.45, 2.75) is 45.1 Å². The second kappa shape index (κ2) is 6.69. The summed E-state index contributed by atoms with van der Waals surface area (Å²) in [5, 5.41) is 3.22. The third-order valence-corrected chi connectivity index (χ3v) is 3.69. The number of nitrogens with one attached hydrogen (secondary N) is 1. The molecule has 0 radical (unpaired) electrons. The SMILES string of the molecule is O=C(CC1CCCCC1)NCc1nccnc1Cl. The molecule has 1 aromatic rings. The number of rotatable bonds is 4. The number of halogens is 1. The molecule has 0 aromatic carbocycles. The Kier molecular flexibility index (Phi) is 4.93. The minimum absolute atomic E-state index is 0.0867. The van der Waals surface area contributed by atoms with Gasteiger partial charge in [-0.2, -0.15) is 0 Å². The first kappa shape index (κ1) is 13.3. The average Bonchev–Trinajstić information content (AvgIpc) is 2.39. The van der Waals surface area contributed by atoms with Crippen molar-refractivity contribution in [1.29, 1.82) is 0 Å². The molecule has 98 valence electrons. The zero-order valence-corrected chi connectivity index (χ0v) is 11.1. The molecule has 0 saturated heterocycles. The molecule has 5 heteroatoms. The maximum atomic E-state index is 11.8. The second-order valence-electron chi connectivity index (χ2n) is 4.78. The predicted octanol–water partition coefficient (Wildman–Crippen LogP) is 2.72. The van der Waals surface area contributed by atoms with E-state index in [4.69, 9.17) is 11.6 Å². The van der Waals surface area contributed by atoms with Gasteiger partial charge in [0.15, 0.2) is 5.15 Å². The van der Waals surface area contributed by atoms with E-state index in [1.54, 1.807) is 6.20 Å². The van der Waals surface area contributed by atoms with Crippen LogP contribution in [0.25, 0.3) is 0 Å². The van der Waals surface area contributed by atoms with Crippen LogP contribution < -0.4 is 5.32 Å². The van der Waals surface area contributed by atoms with E-state index in [9.17, 15) is 4.79 Å². The van der Waals surface area contributed by atoms with Crippen molar-refractivity contribution in [2.75, 3.05) is 0 Å². The molecule has 2 rings (SSSR count). The standard InChI is InChI=1S/C13H18ClN3O/c14-13-11(15-6-7-16-13)9-17-12(18)8-10-4-2-1-3-5-10/h6-7,10H,1-5,8-9H2,(H,17,18). The highest BCUT2D eigenvalue weighted by atomic mass is 35.5. The maximum absolute atomic E-state index is 11.8. The summed E-state index contributed by atoms with van der Waals surface area (Å²) in [4.78, 5) is 19.8. The van der Waals surface area contributed by atoms with Gasteiger partial charge in [-0.3, -0.25) is 9.78 Å². The summed E-state index contributed by atoms with van der Waals surface area (Å²) in [6.07, 6.45) is 9.93. The zero-order valence-electron chi connectivity index (χ0n) is 10.4. The summed E-state index contributed by atoms with van der Waals surface area (Å²) < 4.78 is 0. The van der Waals surface area contributed by atoms with Gasteiger partial charge in [0.25, 0.3) is 0 Å². The Balaban J connectivity index is 1.76. The van der Waals surface area contributed by atoms with E-state index in [1.165, 1.54) is 38.3 Å². The van der Waals surface area contributed by atoms with Gasteiger partial charge in [0, 0.05) is 18.8 Å². The Labute approximate surface area is 112 Å². The Hall–Kier alpha value is -1.16. The Morgan fingerprint density at radius 1 is 1.28 bits per heavy atom. The molecule has 4 nitrogen and oxygen atoms in total. The lowest BCUT2D eigenvalue weighted by molar-refractivity contribution is -0.122. The van der Waals surface area contributed by atoms with Crippen molar-refractivity contribution in [3.05, 3.63) is 23.2 Å². The van der Waals surface area contributed by atoms with E-state index in [2.05, 4.69) is 15.3 Å².